The molecule has 1 aliphatic rings. The minimum Gasteiger partial charge on any atom is -0.377 e. The number of carbonyl (C=O) groups is 1. The van der Waals surface area contributed by atoms with Crippen LogP contribution in [0.15, 0.2) is 73.7 Å². The molecule has 0 bridgehead atoms. The highest BCUT2D eigenvalue weighted by Gasteiger charge is 2.22. The maximum absolute atomic E-state index is 11.7. The predicted molar refractivity (Wildman–Crippen MR) is 140 cm³/mol. The number of amides is 1. The Morgan fingerprint density at radius 2 is 2.08 bits per heavy atom. The van der Waals surface area contributed by atoms with Crippen molar-refractivity contribution in [2.45, 2.75) is 6.04 Å². The number of rotatable bonds is 7. The Morgan fingerprint density at radius 3 is 2.89 bits per heavy atom. The number of para-hydroxylation sites is 1. The standard InChI is InChI=1S/C26H26N8O2/c1-2-24(35)31-18-8-9-28-22(12-18)21-5-3-4-17-14-30-26(33-25(17)21)32-19-6-7-23(29-15-19)34-10-11-36-16-20(34)13-27/h2-9,12,14-15,20H,1,10-11,13,16,27H2,(H,28,31,35)(H,30,32,33)/t20-/m0/s1. The Morgan fingerprint density at radius 1 is 1.17 bits per heavy atom. The lowest BCUT2D eigenvalue weighted by molar-refractivity contribution is -0.111. The van der Waals surface area contributed by atoms with E-state index in [0.717, 1.165) is 34.5 Å². The average Bonchev–Trinajstić information content (AvgIpc) is 2.93. The summed E-state index contributed by atoms with van der Waals surface area (Å²) in [5.74, 6) is 1.01. The first-order valence-corrected chi connectivity index (χ1v) is 11.6. The van der Waals surface area contributed by atoms with Crippen LogP contribution in [-0.4, -0.2) is 58.2 Å². The molecular weight excluding hydrogens is 456 g/mol. The van der Waals surface area contributed by atoms with E-state index in [9.17, 15) is 4.79 Å². The first kappa shape index (κ1) is 23.3. The number of aromatic nitrogens is 4. The van der Waals surface area contributed by atoms with Gasteiger partial charge in [0.25, 0.3) is 0 Å². The summed E-state index contributed by atoms with van der Waals surface area (Å²) in [5.41, 5.74) is 9.51. The lowest BCUT2D eigenvalue weighted by Gasteiger charge is -2.35. The summed E-state index contributed by atoms with van der Waals surface area (Å²) in [6, 6.07) is 13.3. The molecule has 4 heterocycles. The SMILES string of the molecule is C=CC(=O)Nc1ccnc(-c2cccc3cnc(Nc4ccc(N5CCOC[C@@H]5CN)nc4)nc23)c1. The third-order valence-corrected chi connectivity index (χ3v) is 5.90. The quantitative estimate of drug-likeness (QED) is 0.340. The van der Waals surface area contributed by atoms with E-state index in [2.05, 4.69) is 37.1 Å². The van der Waals surface area contributed by atoms with Crippen LogP contribution in [0.4, 0.5) is 23.1 Å². The summed E-state index contributed by atoms with van der Waals surface area (Å²) in [7, 11) is 0. The van der Waals surface area contributed by atoms with Gasteiger partial charge in [0.1, 0.15) is 5.82 Å². The molecule has 1 fully saturated rings. The molecular formula is C26H26N8O2. The monoisotopic (exact) mass is 482 g/mol. The summed E-state index contributed by atoms with van der Waals surface area (Å²) in [4.78, 5) is 32.2. The Hall–Kier alpha value is -4.41. The van der Waals surface area contributed by atoms with Crippen molar-refractivity contribution in [2.24, 2.45) is 5.73 Å². The van der Waals surface area contributed by atoms with E-state index in [4.69, 9.17) is 15.5 Å². The van der Waals surface area contributed by atoms with Crippen LogP contribution >= 0.6 is 0 Å². The Kier molecular flexibility index (Phi) is 6.78. The van der Waals surface area contributed by atoms with Crippen LogP contribution in [-0.2, 0) is 9.53 Å². The number of fused-ring (bicyclic) bond motifs is 1. The van der Waals surface area contributed by atoms with E-state index in [1.165, 1.54) is 6.08 Å². The van der Waals surface area contributed by atoms with Gasteiger partial charge in [0.15, 0.2) is 0 Å². The van der Waals surface area contributed by atoms with Crippen molar-refractivity contribution in [3.05, 3.63) is 73.7 Å². The second-order valence-electron chi connectivity index (χ2n) is 8.25. The maximum atomic E-state index is 11.7. The molecule has 0 aliphatic carbocycles. The number of nitrogens with zero attached hydrogens (tertiary/aromatic N) is 5. The highest BCUT2D eigenvalue weighted by Crippen LogP contribution is 2.28. The van der Waals surface area contributed by atoms with Gasteiger partial charge in [-0.3, -0.25) is 9.78 Å². The molecule has 182 valence electrons. The topological polar surface area (TPSA) is 131 Å². The largest absolute Gasteiger partial charge is 0.377 e. The molecule has 1 aromatic carbocycles. The van der Waals surface area contributed by atoms with Gasteiger partial charge in [-0.25, -0.2) is 15.0 Å². The van der Waals surface area contributed by atoms with Crippen LogP contribution in [0.3, 0.4) is 0 Å². The predicted octanol–water partition coefficient (Wildman–Crippen LogP) is 3.12. The zero-order valence-corrected chi connectivity index (χ0v) is 19.6. The van der Waals surface area contributed by atoms with Gasteiger partial charge in [0.05, 0.1) is 42.4 Å². The van der Waals surface area contributed by atoms with E-state index >= 15 is 0 Å². The van der Waals surface area contributed by atoms with Gasteiger partial charge >= 0.3 is 0 Å². The Labute approximate surface area is 208 Å². The number of hydrogen-bond donors (Lipinski definition) is 3. The molecule has 4 aromatic rings. The minimum atomic E-state index is -0.286. The number of hydrogen-bond acceptors (Lipinski definition) is 9. The Balaban J connectivity index is 1.40. The van der Waals surface area contributed by atoms with Crippen molar-refractivity contribution in [1.82, 2.24) is 19.9 Å². The average molecular weight is 483 g/mol. The number of nitrogens with two attached hydrogens (primary N) is 1. The highest BCUT2D eigenvalue weighted by molar-refractivity contribution is 5.99. The van der Waals surface area contributed by atoms with E-state index in [0.29, 0.717) is 37.1 Å². The summed E-state index contributed by atoms with van der Waals surface area (Å²) in [6.45, 7) is 6.01. The molecule has 1 saturated heterocycles. The number of anilines is 4. The van der Waals surface area contributed by atoms with E-state index in [1.54, 1.807) is 30.7 Å². The van der Waals surface area contributed by atoms with Crippen LogP contribution in [0.5, 0.6) is 0 Å². The van der Waals surface area contributed by atoms with Crippen molar-refractivity contribution >= 4 is 40.0 Å². The fourth-order valence-electron chi connectivity index (χ4n) is 4.08. The first-order chi connectivity index (χ1) is 17.6. The number of benzene rings is 1. The molecule has 10 heteroatoms. The van der Waals surface area contributed by atoms with Crippen LogP contribution < -0.4 is 21.3 Å². The van der Waals surface area contributed by atoms with Gasteiger partial charge in [-0.15, -0.1) is 0 Å². The molecule has 0 spiro atoms. The van der Waals surface area contributed by atoms with Gasteiger partial charge in [0.2, 0.25) is 11.9 Å². The summed E-state index contributed by atoms with van der Waals surface area (Å²) in [6.07, 6.45) is 6.39. The Bertz CT molecular complexity index is 1390. The molecule has 0 unspecified atom stereocenters. The van der Waals surface area contributed by atoms with Gasteiger partial charge in [-0.05, 0) is 30.3 Å². The zero-order valence-electron chi connectivity index (χ0n) is 19.6. The highest BCUT2D eigenvalue weighted by atomic mass is 16.5. The number of morpholine rings is 1. The fourth-order valence-corrected chi connectivity index (χ4v) is 4.08. The molecule has 1 aliphatic heterocycles. The molecule has 3 aromatic heterocycles. The van der Waals surface area contributed by atoms with Gasteiger partial charge in [-0.1, -0.05) is 24.8 Å². The fraction of sp³-hybridized carbons (Fsp3) is 0.192. The van der Waals surface area contributed by atoms with E-state index in [1.807, 2.05) is 30.3 Å². The van der Waals surface area contributed by atoms with E-state index in [-0.39, 0.29) is 11.9 Å². The summed E-state index contributed by atoms with van der Waals surface area (Å²) in [5, 5.41) is 6.87. The smallest absolute Gasteiger partial charge is 0.247 e. The number of carbonyl (C=O) groups excluding carboxylic acids is 1. The zero-order chi connectivity index (χ0) is 24.9. The molecule has 10 nitrogen and oxygen atoms in total. The molecule has 4 N–H and O–H groups in total. The number of pyridine rings is 2. The third kappa shape index (κ3) is 4.99. The van der Waals surface area contributed by atoms with Gasteiger partial charge in [-0.2, -0.15) is 0 Å². The van der Waals surface area contributed by atoms with Crippen molar-refractivity contribution in [1.29, 1.82) is 0 Å². The minimum absolute atomic E-state index is 0.115. The van der Waals surface area contributed by atoms with Crippen molar-refractivity contribution in [3.8, 4) is 11.3 Å². The molecule has 36 heavy (non-hydrogen) atoms. The lowest BCUT2D eigenvalue weighted by Crippen LogP contribution is -2.49. The second kappa shape index (κ2) is 10.5. The normalized spacial score (nSPS) is 15.5. The van der Waals surface area contributed by atoms with Crippen molar-refractivity contribution in [3.63, 3.8) is 0 Å². The first-order valence-electron chi connectivity index (χ1n) is 11.6. The molecule has 1 amide bonds. The molecule has 0 radical (unpaired) electrons. The molecule has 5 rings (SSSR count). The number of ether oxygens (including phenoxy) is 1. The van der Waals surface area contributed by atoms with Gasteiger partial charge in [0, 0.05) is 42.1 Å². The number of nitrogens with one attached hydrogen (secondary N) is 2. The molecule has 1 atom stereocenters. The lowest BCUT2D eigenvalue weighted by atomic mass is 10.1. The summed E-state index contributed by atoms with van der Waals surface area (Å²) < 4.78 is 5.53. The van der Waals surface area contributed by atoms with Crippen LogP contribution in [0.1, 0.15) is 0 Å². The van der Waals surface area contributed by atoms with Crippen LogP contribution in [0, 0.1) is 0 Å². The van der Waals surface area contributed by atoms with Crippen LogP contribution in [0.2, 0.25) is 0 Å². The van der Waals surface area contributed by atoms with Gasteiger partial charge < -0.3 is 26.0 Å². The maximum Gasteiger partial charge on any atom is 0.247 e. The third-order valence-electron chi connectivity index (χ3n) is 5.90. The van der Waals surface area contributed by atoms with Crippen LogP contribution in [0.25, 0.3) is 22.2 Å². The second-order valence-corrected chi connectivity index (χ2v) is 8.25. The summed E-state index contributed by atoms with van der Waals surface area (Å²) >= 11 is 0. The van der Waals surface area contributed by atoms with Crippen molar-refractivity contribution < 1.29 is 9.53 Å². The molecule has 0 saturated carbocycles. The van der Waals surface area contributed by atoms with Crippen molar-refractivity contribution in [2.75, 3.05) is 41.8 Å². The van der Waals surface area contributed by atoms with E-state index < -0.39 is 0 Å².